The number of hydrogen-bond acceptors (Lipinski definition) is 4. The van der Waals surface area contributed by atoms with Crippen molar-refractivity contribution in [3.8, 4) is 0 Å². The molecule has 0 saturated heterocycles. The maximum atomic E-state index is 9.16. The predicted molar refractivity (Wildman–Crippen MR) is 83.4 cm³/mol. The van der Waals surface area contributed by atoms with Crippen LogP contribution in [0, 0.1) is 0 Å². The summed E-state index contributed by atoms with van der Waals surface area (Å²) in [7, 11) is 0. The van der Waals surface area contributed by atoms with Gasteiger partial charge in [0, 0.05) is 17.0 Å². The molecule has 0 atom stereocenters. The lowest BCUT2D eigenvalue weighted by Crippen LogP contribution is -2.07. The van der Waals surface area contributed by atoms with E-state index in [9.17, 15) is 0 Å². The highest BCUT2D eigenvalue weighted by Gasteiger charge is 2.22. The van der Waals surface area contributed by atoms with Crippen molar-refractivity contribution < 1.29 is 5.11 Å². The van der Waals surface area contributed by atoms with Gasteiger partial charge in [0.15, 0.2) is 0 Å². The number of nitrogens with zero attached hydrogens (tertiary/aromatic N) is 1. The summed E-state index contributed by atoms with van der Waals surface area (Å²) in [5.41, 5.74) is 1.72. The van der Waals surface area contributed by atoms with E-state index in [1.165, 1.54) is 29.1 Å². The highest BCUT2D eigenvalue weighted by Crippen LogP contribution is 2.38. The molecule has 2 N–H and O–H groups in total. The minimum atomic E-state index is 0.0260. The van der Waals surface area contributed by atoms with Crippen LogP contribution in [0.3, 0.4) is 0 Å². The third-order valence-corrected chi connectivity index (χ3v) is 5.18. The minimum absolute atomic E-state index is 0.0260. The summed E-state index contributed by atoms with van der Waals surface area (Å²) in [6, 6.07) is 5.52. The van der Waals surface area contributed by atoms with Gasteiger partial charge in [0.1, 0.15) is 0 Å². The fraction of sp³-hybridized carbons (Fsp3) is 0.400. The monoisotopic (exact) mass is 308 g/mol. The van der Waals surface area contributed by atoms with Crippen LogP contribution < -0.4 is 5.32 Å². The first kappa shape index (κ1) is 13.9. The van der Waals surface area contributed by atoms with Gasteiger partial charge in [-0.2, -0.15) is 0 Å². The van der Waals surface area contributed by atoms with Gasteiger partial charge in [-0.25, -0.2) is 4.98 Å². The Hall–Kier alpha value is -1.10. The number of hydrogen-bond donors (Lipinski definition) is 2. The maximum Gasteiger partial charge on any atom is 0.0959 e. The second kappa shape index (κ2) is 6.12. The molecule has 0 spiro atoms. The van der Waals surface area contributed by atoms with Gasteiger partial charge in [-0.3, -0.25) is 0 Å². The second-order valence-corrected chi connectivity index (χ2v) is 6.67. The Bertz CT molecular complexity index is 595. The number of aliphatic hydroxyl groups excluding tert-OH is 1. The average Bonchev–Trinajstić information content (AvgIpc) is 2.84. The third kappa shape index (κ3) is 2.97. The lowest BCUT2D eigenvalue weighted by atomic mass is 9.86. The van der Waals surface area contributed by atoms with E-state index >= 15 is 0 Å². The Balaban J connectivity index is 1.65. The topological polar surface area (TPSA) is 45.1 Å². The molecule has 0 radical (unpaired) electrons. The van der Waals surface area contributed by atoms with Crippen molar-refractivity contribution in [1.29, 1.82) is 0 Å². The first-order valence-electron chi connectivity index (χ1n) is 6.84. The van der Waals surface area contributed by atoms with Gasteiger partial charge in [-0.1, -0.05) is 24.1 Å². The normalized spacial score (nSPS) is 15.1. The Morgan fingerprint density at radius 2 is 2.25 bits per heavy atom. The fourth-order valence-electron chi connectivity index (χ4n) is 2.24. The molecule has 0 bridgehead atoms. The summed E-state index contributed by atoms with van der Waals surface area (Å²) in [5.74, 6) is 0.690. The van der Waals surface area contributed by atoms with E-state index in [1.54, 1.807) is 11.3 Å². The highest BCUT2D eigenvalue weighted by molar-refractivity contribution is 7.11. The number of rotatable bonds is 5. The Morgan fingerprint density at radius 3 is 2.95 bits per heavy atom. The molecular formula is C15H17ClN2OS. The molecule has 1 aliphatic rings. The van der Waals surface area contributed by atoms with Crippen LogP contribution >= 0.6 is 22.9 Å². The zero-order valence-electron chi connectivity index (χ0n) is 11.1. The molecular weight excluding hydrogens is 292 g/mol. The summed E-state index contributed by atoms with van der Waals surface area (Å²) < 4.78 is 0. The standard InChI is InChI=1S/C15H17ClN2OS/c16-13-5-4-10(9-19)6-14(13)17-7-12-8-18-15(20-12)11-2-1-3-11/h4-6,8,11,17,19H,1-3,7,9H2. The zero-order valence-corrected chi connectivity index (χ0v) is 12.7. The van der Waals surface area contributed by atoms with Crippen LogP contribution in [0.2, 0.25) is 5.02 Å². The molecule has 3 nitrogen and oxygen atoms in total. The molecule has 0 unspecified atom stereocenters. The van der Waals surface area contributed by atoms with Crippen LogP contribution in [0.15, 0.2) is 24.4 Å². The highest BCUT2D eigenvalue weighted by atomic mass is 35.5. The minimum Gasteiger partial charge on any atom is -0.392 e. The van der Waals surface area contributed by atoms with E-state index in [-0.39, 0.29) is 6.61 Å². The van der Waals surface area contributed by atoms with Crippen molar-refractivity contribution >= 4 is 28.6 Å². The first-order chi connectivity index (χ1) is 9.76. The van der Waals surface area contributed by atoms with Crippen molar-refractivity contribution in [3.05, 3.63) is 44.9 Å². The molecule has 1 aromatic heterocycles. The van der Waals surface area contributed by atoms with Crippen LogP contribution in [0.5, 0.6) is 0 Å². The number of thiazole rings is 1. The molecule has 106 valence electrons. The van der Waals surface area contributed by atoms with E-state index in [0.717, 1.165) is 17.8 Å². The van der Waals surface area contributed by atoms with E-state index < -0.39 is 0 Å². The van der Waals surface area contributed by atoms with Crippen LogP contribution in [0.4, 0.5) is 5.69 Å². The Kier molecular flexibility index (Phi) is 4.24. The number of nitrogens with one attached hydrogen (secondary N) is 1. The number of aromatic nitrogens is 1. The first-order valence-corrected chi connectivity index (χ1v) is 8.03. The molecule has 1 aromatic carbocycles. The number of aliphatic hydroxyl groups is 1. The molecule has 1 heterocycles. The van der Waals surface area contributed by atoms with Gasteiger partial charge in [0.05, 0.1) is 28.9 Å². The molecule has 5 heteroatoms. The van der Waals surface area contributed by atoms with Gasteiger partial charge in [0.25, 0.3) is 0 Å². The van der Waals surface area contributed by atoms with E-state index in [2.05, 4.69) is 10.3 Å². The Labute approximate surface area is 127 Å². The molecule has 0 amide bonds. The smallest absolute Gasteiger partial charge is 0.0959 e. The fourth-order valence-corrected chi connectivity index (χ4v) is 3.45. The second-order valence-electron chi connectivity index (χ2n) is 5.12. The van der Waals surface area contributed by atoms with Gasteiger partial charge in [-0.15, -0.1) is 11.3 Å². The van der Waals surface area contributed by atoms with Crippen LogP contribution in [0.25, 0.3) is 0 Å². The zero-order chi connectivity index (χ0) is 13.9. The summed E-state index contributed by atoms with van der Waals surface area (Å²) >= 11 is 7.94. The van der Waals surface area contributed by atoms with E-state index in [0.29, 0.717) is 10.9 Å². The predicted octanol–water partition coefficient (Wildman–Crippen LogP) is 4.17. The van der Waals surface area contributed by atoms with Crippen LogP contribution in [0.1, 0.15) is 40.6 Å². The van der Waals surface area contributed by atoms with Crippen molar-refractivity contribution in [2.24, 2.45) is 0 Å². The molecule has 1 saturated carbocycles. The number of anilines is 1. The summed E-state index contributed by atoms with van der Waals surface area (Å²) in [5, 5.41) is 14.4. The molecule has 0 aliphatic heterocycles. The lowest BCUT2D eigenvalue weighted by Gasteiger charge is -2.22. The van der Waals surface area contributed by atoms with E-state index in [4.69, 9.17) is 16.7 Å². The van der Waals surface area contributed by atoms with Gasteiger partial charge in [0.2, 0.25) is 0 Å². The summed E-state index contributed by atoms with van der Waals surface area (Å²) in [4.78, 5) is 5.73. The Morgan fingerprint density at radius 1 is 1.40 bits per heavy atom. The van der Waals surface area contributed by atoms with Gasteiger partial charge < -0.3 is 10.4 Å². The van der Waals surface area contributed by atoms with Crippen molar-refractivity contribution in [1.82, 2.24) is 4.98 Å². The van der Waals surface area contributed by atoms with Crippen molar-refractivity contribution in [3.63, 3.8) is 0 Å². The van der Waals surface area contributed by atoms with Gasteiger partial charge in [-0.05, 0) is 30.5 Å². The molecule has 20 heavy (non-hydrogen) atoms. The molecule has 1 aliphatic carbocycles. The van der Waals surface area contributed by atoms with Crippen molar-refractivity contribution in [2.45, 2.75) is 38.3 Å². The summed E-state index contributed by atoms with van der Waals surface area (Å²) in [6.07, 6.45) is 5.85. The number of benzene rings is 1. The largest absolute Gasteiger partial charge is 0.392 e. The quantitative estimate of drug-likeness (QED) is 0.871. The SMILES string of the molecule is OCc1ccc(Cl)c(NCc2cnc(C3CCC3)s2)c1. The molecule has 3 rings (SSSR count). The van der Waals surface area contributed by atoms with Gasteiger partial charge >= 0.3 is 0 Å². The number of halogens is 1. The average molecular weight is 309 g/mol. The summed E-state index contributed by atoms with van der Waals surface area (Å²) in [6.45, 7) is 0.747. The third-order valence-electron chi connectivity index (χ3n) is 3.69. The molecule has 2 aromatic rings. The van der Waals surface area contributed by atoms with Crippen LogP contribution in [-0.4, -0.2) is 10.1 Å². The van der Waals surface area contributed by atoms with Crippen LogP contribution in [-0.2, 0) is 13.2 Å². The molecule has 1 fully saturated rings. The lowest BCUT2D eigenvalue weighted by molar-refractivity contribution is 0.282. The van der Waals surface area contributed by atoms with E-state index in [1.807, 2.05) is 24.4 Å². The van der Waals surface area contributed by atoms with Crippen molar-refractivity contribution in [2.75, 3.05) is 5.32 Å². The maximum absolute atomic E-state index is 9.16.